The highest BCUT2D eigenvalue weighted by atomic mass is 15.2. The molecular formula is C69H74BN3. The van der Waals surface area contributed by atoms with Crippen LogP contribution in [-0.2, 0) is 27.1 Å². The third-order valence-corrected chi connectivity index (χ3v) is 16.5. The van der Waals surface area contributed by atoms with Gasteiger partial charge in [0.15, 0.2) is 0 Å². The zero-order valence-electron chi connectivity index (χ0n) is 46.4. The van der Waals surface area contributed by atoms with Crippen LogP contribution in [0.1, 0.15) is 141 Å². The lowest BCUT2D eigenvalue weighted by Crippen LogP contribution is -2.61. The Morgan fingerprint density at radius 2 is 0.932 bits per heavy atom. The first-order chi connectivity index (χ1) is 34.3. The number of hydrogen-bond acceptors (Lipinski definition) is 3. The Bertz CT molecular complexity index is 3470. The summed E-state index contributed by atoms with van der Waals surface area (Å²) in [5.74, 6) is 0. The van der Waals surface area contributed by atoms with Crippen LogP contribution in [0.3, 0.4) is 0 Å². The van der Waals surface area contributed by atoms with E-state index in [0.717, 1.165) is 11.4 Å². The first-order valence-electron chi connectivity index (χ1n) is 26.7. The van der Waals surface area contributed by atoms with Crippen molar-refractivity contribution in [1.82, 2.24) is 0 Å². The molecule has 4 heteroatoms. The van der Waals surface area contributed by atoms with Crippen molar-refractivity contribution in [2.75, 3.05) is 14.7 Å². The molecule has 0 saturated heterocycles. The first-order valence-corrected chi connectivity index (χ1v) is 26.7. The highest BCUT2D eigenvalue weighted by molar-refractivity contribution is 7.00. The molecule has 0 atom stereocenters. The van der Waals surface area contributed by atoms with Crippen molar-refractivity contribution in [3.05, 3.63) is 202 Å². The minimum Gasteiger partial charge on any atom is -0.311 e. The monoisotopic (exact) mass is 956 g/mol. The molecule has 1 aliphatic carbocycles. The number of nitrogens with zero attached hydrogens (tertiary/aromatic N) is 3. The number of aryl methyl sites for hydroxylation is 2. The summed E-state index contributed by atoms with van der Waals surface area (Å²) in [5.41, 5.74) is 27.7. The maximum Gasteiger partial charge on any atom is 0.252 e. The summed E-state index contributed by atoms with van der Waals surface area (Å²) in [4.78, 5) is 7.75. The molecule has 2 heterocycles. The van der Waals surface area contributed by atoms with Crippen LogP contribution in [0, 0.1) is 13.8 Å². The Hall–Kier alpha value is -6.78. The molecule has 0 saturated carbocycles. The van der Waals surface area contributed by atoms with Crippen LogP contribution < -0.4 is 31.1 Å². The van der Waals surface area contributed by atoms with Gasteiger partial charge in [0.25, 0.3) is 6.71 Å². The third-order valence-electron chi connectivity index (χ3n) is 16.5. The van der Waals surface area contributed by atoms with E-state index >= 15 is 0 Å². The van der Waals surface area contributed by atoms with Gasteiger partial charge >= 0.3 is 0 Å². The average molecular weight is 956 g/mol. The molecule has 0 N–H and O–H groups in total. The Balaban J connectivity index is 1.24. The molecule has 0 fully saturated rings. The molecule has 0 bridgehead atoms. The minimum absolute atomic E-state index is 0.0243. The van der Waals surface area contributed by atoms with Gasteiger partial charge in [-0.15, -0.1) is 0 Å². The highest BCUT2D eigenvalue weighted by Gasteiger charge is 2.46. The minimum atomic E-state index is -0.172. The molecule has 8 aromatic rings. The lowest BCUT2D eigenvalue weighted by molar-refractivity contribution is 0.589. The van der Waals surface area contributed by atoms with Crippen LogP contribution in [0.5, 0.6) is 0 Å². The molecule has 8 aromatic carbocycles. The van der Waals surface area contributed by atoms with Crippen molar-refractivity contribution >= 4 is 74.3 Å². The smallest absolute Gasteiger partial charge is 0.252 e. The normalized spacial score (nSPS) is 14.6. The van der Waals surface area contributed by atoms with Gasteiger partial charge in [-0.2, -0.15) is 0 Å². The van der Waals surface area contributed by atoms with Gasteiger partial charge in [-0.05, 0) is 174 Å². The summed E-state index contributed by atoms with van der Waals surface area (Å²) in [7, 11) is 0. The SMILES string of the molecule is Cc1cc(C(C)(C)C)cc(C)c1N(c1ccccc1)c1ccc2c(c1)N(c1ccc3c(c1)C(C)(C)c1ccccc1-3)c1cc(C(C)(C)C)cc3c1B2c1cc(C(C)(C)C)ccc1N3c1ccc(C(C)(C)C)cc1. The van der Waals surface area contributed by atoms with Gasteiger partial charge in [0.05, 0.1) is 5.69 Å². The number of rotatable bonds is 5. The fourth-order valence-corrected chi connectivity index (χ4v) is 12.2. The van der Waals surface area contributed by atoms with Crippen molar-refractivity contribution < 1.29 is 0 Å². The Morgan fingerprint density at radius 3 is 1.55 bits per heavy atom. The van der Waals surface area contributed by atoms with Crippen LogP contribution in [0.2, 0.25) is 0 Å². The van der Waals surface area contributed by atoms with Crippen LogP contribution in [0.25, 0.3) is 11.1 Å². The predicted molar refractivity (Wildman–Crippen MR) is 317 cm³/mol. The lowest BCUT2D eigenvalue weighted by atomic mass is 9.33. The standard InChI is InChI=1S/C69H74BN3/c1-43-36-47(67(9,10)11)37-44(2)64(43)71(49-22-18-17-19-23-49)52-32-34-57-60(42-52)73(51-31-33-54-53-24-20-21-25-55(53)69(15,16)56(54)41-51)62-40-48(68(12,13)14)39-61-63(62)70(57)58-38-46(66(6,7)8)28-35-59(58)72(61)50-29-26-45(27-30-50)65(3,4)5/h17-42H,1-16H3. The van der Waals surface area contributed by atoms with Crippen LogP contribution in [0.15, 0.2) is 158 Å². The van der Waals surface area contributed by atoms with Crippen molar-refractivity contribution in [3.8, 4) is 11.1 Å². The van der Waals surface area contributed by atoms with E-state index in [9.17, 15) is 0 Å². The molecule has 11 rings (SSSR count). The average Bonchev–Trinajstić information content (AvgIpc) is 3.56. The Labute approximate surface area is 438 Å². The van der Waals surface area contributed by atoms with E-state index in [2.05, 4.69) is 283 Å². The highest BCUT2D eigenvalue weighted by Crippen LogP contribution is 2.53. The molecular weight excluding hydrogens is 882 g/mol. The molecule has 0 amide bonds. The van der Waals surface area contributed by atoms with E-state index < -0.39 is 0 Å². The summed E-state index contributed by atoms with van der Waals surface area (Å²) in [5, 5.41) is 0. The van der Waals surface area contributed by atoms with Crippen LogP contribution >= 0.6 is 0 Å². The van der Waals surface area contributed by atoms with Gasteiger partial charge in [-0.25, -0.2) is 0 Å². The van der Waals surface area contributed by atoms with Crippen molar-refractivity contribution in [2.24, 2.45) is 0 Å². The van der Waals surface area contributed by atoms with Crippen molar-refractivity contribution in [3.63, 3.8) is 0 Å². The van der Waals surface area contributed by atoms with Crippen molar-refractivity contribution in [1.29, 1.82) is 0 Å². The van der Waals surface area contributed by atoms with E-state index in [1.807, 2.05) is 0 Å². The molecule has 0 radical (unpaired) electrons. The first kappa shape index (κ1) is 48.5. The lowest BCUT2D eigenvalue weighted by Gasteiger charge is -2.46. The third kappa shape index (κ3) is 7.94. The number of anilines is 9. The van der Waals surface area contributed by atoms with Gasteiger partial charge in [0.1, 0.15) is 0 Å². The van der Waals surface area contributed by atoms with E-state index in [4.69, 9.17) is 0 Å². The Morgan fingerprint density at radius 1 is 0.397 bits per heavy atom. The number of benzene rings is 8. The maximum absolute atomic E-state index is 2.65. The van der Waals surface area contributed by atoms with Gasteiger partial charge in [-0.1, -0.05) is 188 Å². The molecule has 0 spiro atoms. The number of hydrogen-bond donors (Lipinski definition) is 0. The number of para-hydroxylation sites is 1. The Kier molecular flexibility index (Phi) is 11.0. The van der Waals surface area contributed by atoms with Gasteiger partial charge in [-0.3, -0.25) is 0 Å². The van der Waals surface area contributed by atoms with Gasteiger partial charge in [0, 0.05) is 50.9 Å². The van der Waals surface area contributed by atoms with E-state index in [-0.39, 0.29) is 33.8 Å². The van der Waals surface area contributed by atoms with Gasteiger partial charge < -0.3 is 14.7 Å². The molecule has 3 aliphatic rings. The van der Waals surface area contributed by atoms with E-state index in [1.165, 1.54) is 112 Å². The number of fused-ring (bicyclic) bond motifs is 7. The quantitative estimate of drug-likeness (QED) is 0.159. The van der Waals surface area contributed by atoms with Crippen LogP contribution in [0.4, 0.5) is 51.2 Å². The zero-order chi connectivity index (χ0) is 51.9. The summed E-state index contributed by atoms with van der Waals surface area (Å²) in [6.45, 7) is 37.4. The second-order valence-electron chi connectivity index (χ2n) is 26.1. The summed E-state index contributed by atoms with van der Waals surface area (Å²) in [6.07, 6.45) is 0. The summed E-state index contributed by atoms with van der Waals surface area (Å²) >= 11 is 0. The maximum atomic E-state index is 2.65. The molecule has 3 nitrogen and oxygen atoms in total. The fraction of sp³-hybridized carbons (Fsp3) is 0.304. The molecule has 2 aliphatic heterocycles. The summed E-state index contributed by atoms with van der Waals surface area (Å²) < 4.78 is 0. The largest absolute Gasteiger partial charge is 0.311 e. The zero-order valence-corrected chi connectivity index (χ0v) is 46.4. The van der Waals surface area contributed by atoms with Crippen molar-refractivity contribution in [2.45, 2.75) is 138 Å². The second-order valence-corrected chi connectivity index (χ2v) is 26.1. The predicted octanol–water partition coefficient (Wildman–Crippen LogP) is 17.4. The van der Waals surface area contributed by atoms with Crippen LogP contribution in [-0.4, -0.2) is 6.71 Å². The van der Waals surface area contributed by atoms with Gasteiger partial charge in [0.2, 0.25) is 0 Å². The molecule has 0 unspecified atom stereocenters. The summed E-state index contributed by atoms with van der Waals surface area (Å²) in [6, 6.07) is 61.4. The molecule has 0 aromatic heterocycles. The van der Waals surface area contributed by atoms with E-state index in [1.54, 1.807) is 0 Å². The molecule has 73 heavy (non-hydrogen) atoms. The van der Waals surface area contributed by atoms with E-state index in [0.29, 0.717) is 0 Å². The topological polar surface area (TPSA) is 9.72 Å². The fourth-order valence-electron chi connectivity index (χ4n) is 12.2. The second kappa shape index (κ2) is 16.6. The molecule has 368 valence electrons.